The van der Waals surface area contributed by atoms with E-state index in [9.17, 15) is 9.90 Å². The van der Waals surface area contributed by atoms with Crippen LogP contribution in [0.4, 0.5) is 0 Å². The summed E-state index contributed by atoms with van der Waals surface area (Å²) in [5, 5.41) is 9.92. The minimum atomic E-state index is -0.572. The zero-order valence-electron chi connectivity index (χ0n) is 10.7. The van der Waals surface area contributed by atoms with E-state index < -0.39 is 5.60 Å². The normalized spacial score (nSPS) is 32.9. The van der Waals surface area contributed by atoms with Crippen LogP contribution in [0.1, 0.15) is 59.3 Å². The number of ether oxygens (including phenoxy) is 1. The number of hydrogen-bond acceptors (Lipinski definition) is 3. The fraction of sp³-hybridized carbons (Fsp3) is 0.923. The van der Waals surface area contributed by atoms with E-state index in [1.54, 1.807) is 0 Å². The second kappa shape index (κ2) is 5.67. The zero-order chi connectivity index (χ0) is 12.2. The standard InChI is InChI=1S/C13H24O3/c1-4-10(2)12(14)16-11-6-5-8-13(3,15)9-7-11/h10-11,15H,4-9H2,1-3H3. The second-order valence-corrected chi connectivity index (χ2v) is 5.30. The van der Waals surface area contributed by atoms with Crippen LogP contribution in [0.3, 0.4) is 0 Å². The topological polar surface area (TPSA) is 46.5 Å². The minimum Gasteiger partial charge on any atom is -0.462 e. The van der Waals surface area contributed by atoms with Crippen molar-refractivity contribution in [3.05, 3.63) is 0 Å². The molecule has 0 radical (unpaired) electrons. The molecule has 0 bridgehead atoms. The summed E-state index contributed by atoms with van der Waals surface area (Å²) in [5.74, 6) is -0.0993. The third-order valence-electron chi connectivity index (χ3n) is 3.54. The molecule has 0 amide bonds. The maximum Gasteiger partial charge on any atom is 0.308 e. The Balaban J connectivity index is 2.41. The molecule has 1 aliphatic rings. The fourth-order valence-corrected chi connectivity index (χ4v) is 2.02. The Bertz CT molecular complexity index is 235. The van der Waals surface area contributed by atoms with E-state index in [0.717, 1.165) is 38.5 Å². The summed E-state index contributed by atoms with van der Waals surface area (Å²) in [6, 6.07) is 0. The average Bonchev–Trinajstić information content (AvgIpc) is 2.39. The van der Waals surface area contributed by atoms with E-state index in [0.29, 0.717) is 0 Å². The van der Waals surface area contributed by atoms with Gasteiger partial charge in [-0.2, -0.15) is 0 Å². The fourth-order valence-electron chi connectivity index (χ4n) is 2.02. The summed E-state index contributed by atoms with van der Waals surface area (Å²) in [6.07, 6.45) is 4.98. The summed E-state index contributed by atoms with van der Waals surface area (Å²) in [5.41, 5.74) is -0.572. The molecule has 0 saturated heterocycles. The van der Waals surface area contributed by atoms with Crippen LogP contribution >= 0.6 is 0 Å². The molecule has 0 spiro atoms. The van der Waals surface area contributed by atoms with E-state index in [1.807, 2.05) is 20.8 Å². The highest BCUT2D eigenvalue weighted by Gasteiger charge is 2.28. The lowest BCUT2D eigenvalue weighted by Gasteiger charge is -2.21. The first-order valence-electron chi connectivity index (χ1n) is 6.37. The van der Waals surface area contributed by atoms with Gasteiger partial charge in [-0.25, -0.2) is 0 Å². The molecule has 1 rings (SSSR count). The molecule has 16 heavy (non-hydrogen) atoms. The summed E-state index contributed by atoms with van der Waals surface area (Å²) >= 11 is 0. The lowest BCUT2D eigenvalue weighted by molar-refractivity contribution is -0.154. The van der Waals surface area contributed by atoms with Crippen molar-refractivity contribution < 1.29 is 14.6 Å². The highest BCUT2D eigenvalue weighted by Crippen LogP contribution is 2.28. The molecule has 3 unspecified atom stereocenters. The van der Waals surface area contributed by atoms with E-state index in [2.05, 4.69) is 0 Å². The highest BCUT2D eigenvalue weighted by atomic mass is 16.5. The van der Waals surface area contributed by atoms with E-state index in [1.165, 1.54) is 0 Å². The van der Waals surface area contributed by atoms with Gasteiger partial charge in [0.25, 0.3) is 0 Å². The van der Waals surface area contributed by atoms with Crippen LogP contribution in [0.15, 0.2) is 0 Å². The largest absolute Gasteiger partial charge is 0.462 e. The van der Waals surface area contributed by atoms with Crippen molar-refractivity contribution in [1.82, 2.24) is 0 Å². The molecule has 0 aromatic heterocycles. The Hall–Kier alpha value is -0.570. The number of hydrogen-bond donors (Lipinski definition) is 1. The van der Waals surface area contributed by atoms with E-state index in [4.69, 9.17) is 4.74 Å². The molecule has 0 aromatic carbocycles. The first-order chi connectivity index (χ1) is 7.44. The highest BCUT2D eigenvalue weighted by molar-refractivity contribution is 5.72. The quantitative estimate of drug-likeness (QED) is 0.596. The zero-order valence-corrected chi connectivity index (χ0v) is 10.7. The van der Waals surface area contributed by atoms with E-state index in [-0.39, 0.29) is 18.0 Å². The maximum atomic E-state index is 11.6. The molecule has 0 aromatic rings. The van der Waals surface area contributed by atoms with Crippen LogP contribution in [-0.2, 0) is 9.53 Å². The number of aliphatic hydroxyl groups is 1. The van der Waals surface area contributed by atoms with Crippen LogP contribution in [0.2, 0.25) is 0 Å². The summed E-state index contributed by atoms with van der Waals surface area (Å²) in [4.78, 5) is 11.6. The Labute approximate surface area is 98.2 Å². The van der Waals surface area contributed by atoms with Crippen LogP contribution in [0.25, 0.3) is 0 Å². The number of carbonyl (C=O) groups excluding carboxylic acids is 1. The molecule has 0 heterocycles. The van der Waals surface area contributed by atoms with Gasteiger partial charge in [0, 0.05) is 0 Å². The number of esters is 1. The number of rotatable bonds is 3. The van der Waals surface area contributed by atoms with Gasteiger partial charge >= 0.3 is 5.97 Å². The Kier molecular flexibility index (Phi) is 4.78. The number of carbonyl (C=O) groups is 1. The van der Waals surface area contributed by atoms with Gasteiger partial charge in [0.15, 0.2) is 0 Å². The summed E-state index contributed by atoms with van der Waals surface area (Å²) in [7, 11) is 0. The smallest absolute Gasteiger partial charge is 0.308 e. The van der Waals surface area contributed by atoms with Gasteiger partial charge in [0.2, 0.25) is 0 Å². The predicted molar refractivity (Wildman–Crippen MR) is 63.0 cm³/mol. The third-order valence-corrected chi connectivity index (χ3v) is 3.54. The molecule has 0 aliphatic heterocycles. The van der Waals surface area contributed by atoms with Crippen molar-refractivity contribution in [3.63, 3.8) is 0 Å². The molecular formula is C13H24O3. The van der Waals surface area contributed by atoms with Gasteiger partial charge in [0.05, 0.1) is 11.5 Å². The molecule has 1 saturated carbocycles. The minimum absolute atomic E-state index is 0.00970. The van der Waals surface area contributed by atoms with Crippen molar-refractivity contribution in [2.45, 2.75) is 71.0 Å². The van der Waals surface area contributed by atoms with Crippen molar-refractivity contribution >= 4 is 5.97 Å². The maximum absolute atomic E-state index is 11.6. The molecule has 3 atom stereocenters. The Morgan fingerprint density at radius 3 is 2.81 bits per heavy atom. The predicted octanol–water partition coefficient (Wildman–Crippen LogP) is 2.66. The summed E-state index contributed by atoms with van der Waals surface area (Å²) in [6.45, 7) is 5.75. The van der Waals surface area contributed by atoms with Gasteiger partial charge in [0.1, 0.15) is 6.10 Å². The lowest BCUT2D eigenvalue weighted by Crippen LogP contribution is -2.25. The van der Waals surface area contributed by atoms with E-state index >= 15 is 0 Å². The van der Waals surface area contributed by atoms with Crippen LogP contribution in [-0.4, -0.2) is 22.8 Å². The molecule has 1 aliphatic carbocycles. The molecule has 3 nitrogen and oxygen atoms in total. The van der Waals surface area contributed by atoms with Crippen LogP contribution in [0.5, 0.6) is 0 Å². The molecule has 1 fully saturated rings. The Morgan fingerprint density at radius 1 is 1.50 bits per heavy atom. The second-order valence-electron chi connectivity index (χ2n) is 5.30. The first kappa shape index (κ1) is 13.5. The van der Waals surface area contributed by atoms with Gasteiger partial charge in [-0.3, -0.25) is 4.79 Å². The van der Waals surface area contributed by atoms with Gasteiger partial charge in [-0.15, -0.1) is 0 Å². The first-order valence-corrected chi connectivity index (χ1v) is 6.37. The van der Waals surface area contributed by atoms with Crippen molar-refractivity contribution in [1.29, 1.82) is 0 Å². The molecular weight excluding hydrogens is 204 g/mol. The van der Waals surface area contributed by atoms with Crippen LogP contribution in [0, 0.1) is 5.92 Å². The SMILES string of the molecule is CCC(C)C(=O)OC1CCCC(C)(O)CC1. The molecule has 3 heteroatoms. The lowest BCUT2D eigenvalue weighted by atomic mass is 9.97. The monoisotopic (exact) mass is 228 g/mol. The van der Waals surface area contributed by atoms with Crippen molar-refractivity contribution in [2.24, 2.45) is 5.92 Å². The van der Waals surface area contributed by atoms with Crippen LogP contribution < -0.4 is 0 Å². The third kappa shape index (κ3) is 4.12. The van der Waals surface area contributed by atoms with Gasteiger partial charge in [-0.1, -0.05) is 13.8 Å². The van der Waals surface area contributed by atoms with Gasteiger partial charge < -0.3 is 9.84 Å². The van der Waals surface area contributed by atoms with Crippen molar-refractivity contribution in [2.75, 3.05) is 0 Å². The Morgan fingerprint density at radius 2 is 2.19 bits per heavy atom. The van der Waals surface area contributed by atoms with Gasteiger partial charge in [-0.05, 0) is 45.4 Å². The molecule has 1 N–H and O–H groups in total. The molecule has 94 valence electrons. The van der Waals surface area contributed by atoms with Crippen molar-refractivity contribution in [3.8, 4) is 0 Å². The summed E-state index contributed by atoms with van der Waals surface area (Å²) < 4.78 is 5.47. The average molecular weight is 228 g/mol.